The number of thioether (sulfide) groups is 1. The van der Waals surface area contributed by atoms with Crippen LogP contribution in [-0.2, 0) is 10.0 Å². The van der Waals surface area contributed by atoms with E-state index in [1.807, 2.05) is 31.2 Å². The molecule has 5 nitrogen and oxygen atoms in total. The number of nitrogens with zero attached hydrogens (tertiary/aromatic N) is 1. The number of amides is 1. The van der Waals surface area contributed by atoms with Gasteiger partial charge in [0.15, 0.2) is 0 Å². The molecule has 0 aromatic heterocycles. The molecule has 1 saturated heterocycles. The van der Waals surface area contributed by atoms with Gasteiger partial charge in [-0.1, -0.05) is 43.5 Å². The van der Waals surface area contributed by atoms with Crippen molar-refractivity contribution < 1.29 is 13.2 Å². The number of hydrogen-bond donors (Lipinski definition) is 1. The molecule has 0 atom stereocenters. The minimum absolute atomic E-state index is 0.102. The van der Waals surface area contributed by atoms with Crippen LogP contribution in [-0.4, -0.2) is 37.5 Å². The van der Waals surface area contributed by atoms with E-state index in [9.17, 15) is 13.2 Å². The Morgan fingerprint density at radius 1 is 1.10 bits per heavy atom. The van der Waals surface area contributed by atoms with Gasteiger partial charge in [-0.15, -0.1) is 11.8 Å². The summed E-state index contributed by atoms with van der Waals surface area (Å²) in [5, 5.41) is 3.09. The molecule has 2 aromatic carbocycles. The standard InChI is InChI=1S/C21H25ClN2O3S2/c1-2-28-20-10-6-5-9-19(20)23-21(25)17-15-16(11-12-18(17)22)29(26,27)24-13-7-3-4-8-14-24/h5-6,9-12,15H,2-4,7-8,13-14H2,1H3,(H,23,25). The second-order valence-electron chi connectivity index (χ2n) is 6.84. The summed E-state index contributed by atoms with van der Waals surface area (Å²) in [4.78, 5) is 13.9. The van der Waals surface area contributed by atoms with Crippen molar-refractivity contribution in [2.75, 3.05) is 24.2 Å². The molecule has 0 bridgehead atoms. The maximum atomic E-state index is 13.1. The summed E-state index contributed by atoms with van der Waals surface area (Å²) in [7, 11) is -3.66. The lowest BCUT2D eigenvalue weighted by Crippen LogP contribution is -2.32. The van der Waals surface area contributed by atoms with Gasteiger partial charge in [-0.2, -0.15) is 4.31 Å². The maximum Gasteiger partial charge on any atom is 0.257 e. The molecule has 29 heavy (non-hydrogen) atoms. The van der Waals surface area contributed by atoms with Crippen molar-refractivity contribution >= 4 is 45.0 Å². The van der Waals surface area contributed by atoms with Gasteiger partial charge < -0.3 is 5.32 Å². The van der Waals surface area contributed by atoms with Crippen molar-refractivity contribution in [3.05, 3.63) is 53.1 Å². The fourth-order valence-corrected chi connectivity index (χ4v) is 5.82. The topological polar surface area (TPSA) is 66.5 Å². The van der Waals surface area contributed by atoms with Gasteiger partial charge >= 0.3 is 0 Å². The first-order valence-electron chi connectivity index (χ1n) is 9.76. The minimum Gasteiger partial charge on any atom is -0.321 e. The Bertz CT molecular complexity index is 972. The number of sulfonamides is 1. The van der Waals surface area contributed by atoms with Crippen LogP contribution in [0.4, 0.5) is 5.69 Å². The third-order valence-electron chi connectivity index (χ3n) is 4.82. The van der Waals surface area contributed by atoms with E-state index in [4.69, 9.17) is 11.6 Å². The Kier molecular flexibility index (Phi) is 7.62. The number of carbonyl (C=O) groups is 1. The van der Waals surface area contributed by atoms with Gasteiger partial charge in [-0.3, -0.25) is 4.79 Å². The molecule has 1 aliphatic rings. The molecule has 1 heterocycles. The lowest BCUT2D eigenvalue weighted by Gasteiger charge is -2.20. The van der Waals surface area contributed by atoms with Crippen molar-refractivity contribution in [3.63, 3.8) is 0 Å². The molecule has 2 aromatic rings. The normalized spacial score (nSPS) is 15.7. The molecular formula is C21H25ClN2O3S2. The molecule has 0 saturated carbocycles. The maximum absolute atomic E-state index is 13.1. The van der Waals surface area contributed by atoms with Crippen LogP contribution in [0.3, 0.4) is 0 Å². The number of anilines is 1. The summed E-state index contributed by atoms with van der Waals surface area (Å²) >= 11 is 7.87. The molecular weight excluding hydrogens is 428 g/mol. The van der Waals surface area contributed by atoms with E-state index in [0.717, 1.165) is 36.3 Å². The first-order chi connectivity index (χ1) is 13.9. The van der Waals surface area contributed by atoms with Crippen LogP contribution in [0.5, 0.6) is 0 Å². The third-order valence-corrected chi connectivity index (χ3v) is 8.00. The van der Waals surface area contributed by atoms with E-state index in [1.54, 1.807) is 11.8 Å². The highest BCUT2D eigenvalue weighted by molar-refractivity contribution is 7.99. The van der Waals surface area contributed by atoms with Crippen LogP contribution >= 0.6 is 23.4 Å². The Labute approximate surface area is 181 Å². The zero-order valence-corrected chi connectivity index (χ0v) is 18.7. The van der Waals surface area contributed by atoms with Gasteiger partial charge in [0.25, 0.3) is 5.91 Å². The Morgan fingerprint density at radius 2 is 1.79 bits per heavy atom. The Balaban J connectivity index is 1.88. The third kappa shape index (κ3) is 5.34. The van der Waals surface area contributed by atoms with Crippen LogP contribution in [0.1, 0.15) is 43.0 Å². The highest BCUT2D eigenvalue weighted by atomic mass is 35.5. The lowest BCUT2D eigenvalue weighted by molar-refractivity contribution is 0.102. The van der Waals surface area contributed by atoms with Gasteiger partial charge in [-0.05, 0) is 48.9 Å². The number of nitrogens with one attached hydrogen (secondary N) is 1. The molecule has 1 fully saturated rings. The molecule has 1 N–H and O–H groups in total. The van der Waals surface area contributed by atoms with E-state index in [-0.39, 0.29) is 15.5 Å². The van der Waals surface area contributed by atoms with Crippen molar-refractivity contribution in [1.82, 2.24) is 4.31 Å². The molecule has 156 valence electrons. The molecule has 1 amide bonds. The highest BCUT2D eigenvalue weighted by Gasteiger charge is 2.26. The molecule has 3 rings (SSSR count). The number of hydrogen-bond acceptors (Lipinski definition) is 4. The highest BCUT2D eigenvalue weighted by Crippen LogP contribution is 2.29. The summed E-state index contributed by atoms with van der Waals surface area (Å²) < 4.78 is 27.7. The van der Waals surface area contributed by atoms with Crippen LogP contribution in [0, 0.1) is 0 Å². The quantitative estimate of drug-likeness (QED) is 0.606. The molecule has 8 heteroatoms. The second-order valence-corrected chi connectivity index (χ2v) is 10.5. The van der Waals surface area contributed by atoms with Gasteiger partial charge in [0.1, 0.15) is 0 Å². The predicted molar refractivity (Wildman–Crippen MR) is 119 cm³/mol. The molecule has 0 unspecified atom stereocenters. The lowest BCUT2D eigenvalue weighted by atomic mass is 10.2. The van der Waals surface area contributed by atoms with Crippen molar-refractivity contribution in [1.29, 1.82) is 0 Å². The van der Waals surface area contributed by atoms with Gasteiger partial charge in [-0.25, -0.2) is 8.42 Å². The van der Waals surface area contributed by atoms with E-state index < -0.39 is 15.9 Å². The van der Waals surface area contributed by atoms with Crippen LogP contribution in [0.25, 0.3) is 0 Å². The summed E-state index contributed by atoms with van der Waals surface area (Å²) in [5.74, 6) is 0.448. The number of carbonyl (C=O) groups excluding carboxylic acids is 1. The average Bonchev–Trinajstić information content (AvgIpc) is 3.00. The molecule has 0 aliphatic carbocycles. The first-order valence-corrected chi connectivity index (χ1v) is 12.6. The summed E-state index contributed by atoms with van der Waals surface area (Å²) in [6.45, 7) is 3.06. The van der Waals surface area contributed by atoms with E-state index in [1.165, 1.54) is 22.5 Å². The zero-order chi connectivity index (χ0) is 20.9. The van der Waals surface area contributed by atoms with Crippen molar-refractivity contribution in [2.24, 2.45) is 0 Å². The SMILES string of the molecule is CCSc1ccccc1NC(=O)c1cc(S(=O)(=O)N2CCCCCC2)ccc1Cl. The van der Waals surface area contributed by atoms with Crippen molar-refractivity contribution in [2.45, 2.75) is 42.4 Å². The van der Waals surface area contributed by atoms with Crippen LogP contribution in [0.15, 0.2) is 52.3 Å². The zero-order valence-electron chi connectivity index (χ0n) is 16.4. The van der Waals surface area contributed by atoms with Gasteiger partial charge in [0.2, 0.25) is 10.0 Å². The smallest absolute Gasteiger partial charge is 0.257 e. The second kappa shape index (κ2) is 9.98. The van der Waals surface area contributed by atoms with Gasteiger partial charge in [0.05, 0.1) is 21.2 Å². The number of rotatable bonds is 6. The largest absolute Gasteiger partial charge is 0.321 e. The van der Waals surface area contributed by atoms with E-state index in [0.29, 0.717) is 18.8 Å². The first kappa shape index (κ1) is 22.2. The molecule has 1 aliphatic heterocycles. The summed E-state index contributed by atoms with van der Waals surface area (Å²) in [5.41, 5.74) is 0.833. The monoisotopic (exact) mass is 452 g/mol. The number of benzene rings is 2. The fraction of sp³-hybridized carbons (Fsp3) is 0.381. The van der Waals surface area contributed by atoms with Crippen LogP contribution in [0.2, 0.25) is 5.02 Å². The van der Waals surface area contributed by atoms with Crippen molar-refractivity contribution in [3.8, 4) is 0 Å². The number of halogens is 1. The summed E-state index contributed by atoms with van der Waals surface area (Å²) in [6, 6.07) is 11.8. The van der Waals surface area contributed by atoms with E-state index in [2.05, 4.69) is 5.32 Å². The summed E-state index contributed by atoms with van der Waals surface area (Å²) in [6.07, 6.45) is 3.78. The minimum atomic E-state index is -3.66. The predicted octanol–water partition coefficient (Wildman–Crippen LogP) is 5.27. The fourth-order valence-electron chi connectivity index (χ4n) is 3.31. The van der Waals surface area contributed by atoms with Crippen LogP contribution < -0.4 is 5.32 Å². The Morgan fingerprint density at radius 3 is 2.48 bits per heavy atom. The van der Waals surface area contributed by atoms with E-state index >= 15 is 0 Å². The molecule has 0 spiro atoms. The Hall–Kier alpha value is -1.54. The average molecular weight is 453 g/mol. The molecule has 0 radical (unpaired) electrons. The number of para-hydroxylation sites is 1. The van der Waals surface area contributed by atoms with Gasteiger partial charge in [0, 0.05) is 18.0 Å².